The summed E-state index contributed by atoms with van der Waals surface area (Å²) in [6, 6.07) is 11.7. The predicted molar refractivity (Wildman–Crippen MR) is 76.6 cm³/mol. The molecule has 2 rings (SSSR count). The third-order valence-electron chi connectivity index (χ3n) is 2.30. The highest BCUT2D eigenvalue weighted by atomic mass is 79.9. The number of benzene rings is 1. The quantitative estimate of drug-likeness (QED) is 0.592. The number of ketones is 1. The largest absolute Gasteiger partial charge is 0.288 e. The molecule has 0 fully saturated rings. The number of hydrogen-bond acceptors (Lipinski definition) is 2. The van der Waals surface area contributed by atoms with Crippen LogP contribution in [0.25, 0.3) is 6.08 Å². The molecule has 1 aromatic carbocycles. The van der Waals surface area contributed by atoms with Gasteiger partial charge in [0, 0.05) is 9.35 Å². The van der Waals surface area contributed by atoms with Crippen molar-refractivity contribution in [3.05, 3.63) is 62.3 Å². The summed E-state index contributed by atoms with van der Waals surface area (Å²) in [6.45, 7) is 2.00. The van der Waals surface area contributed by atoms with Gasteiger partial charge in [0.25, 0.3) is 0 Å². The Labute approximate surface area is 113 Å². The summed E-state index contributed by atoms with van der Waals surface area (Å²) in [4.78, 5) is 13.8. The van der Waals surface area contributed by atoms with Crippen LogP contribution in [0.4, 0.5) is 0 Å². The maximum absolute atomic E-state index is 11.9. The number of rotatable bonds is 3. The van der Waals surface area contributed by atoms with Gasteiger partial charge in [-0.3, -0.25) is 4.79 Å². The second-order valence-electron chi connectivity index (χ2n) is 3.63. The molecule has 0 spiro atoms. The van der Waals surface area contributed by atoms with Gasteiger partial charge in [-0.05, 0) is 42.8 Å². The van der Waals surface area contributed by atoms with Crippen molar-refractivity contribution >= 4 is 39.1 Å². The molecule has 86 valence electrons. The van der Waals surface area contributed by atoms with E-state index >= 15 is 0 Å². The average molecular weight is 307 g/mol. The molecule has 0 saturated heterocycles. The van der Waals surface area contributed by atoms with Gasteiger partial charge in [-0.15, -0.1) is 11.3 Å². The van der Waals surface area contributed by atoms with E-state index in [1.807, 2.05) is 49.4 Å². The predicted octanol–water partition coefficient (Wildman–Crippen LogP) is 4.72. The molecule has 2 aromatic rings. The highest BCUT2D eigenvalue weighted by molar-refractivity contribution is 9.10. The normalized spacial score (nSPS) is 10.9. The zero-order chi connectivity index (χ0) is 12.3. The summed E-state index contributed by atoms with van der Waals surface area (Å²) in [5.74, 6) is 0.0545. The van der Waals surface area contributed by atoms with Crippen molar-refractivity contribution in [2.45, 2.75) is 6.92 Å². The van der Waals surface area contributed by atoms with E-state index in [9.17, 15) is 4.79 Å². The number of carbonyl (C=O) groups is 1. The minimum absolute atomic E-state index is 0.0545. The number of aryl methyl sites for hydroxylation is 1. The Bertz CT molecular complexity index is 569. The molecule has 0 amide bonds. The van der Waals surface area contributed by atoms with E-state index < -0.39 is 0 Å². The van der Waals surface area contributed by atoms with Crippen LogP contribution in [-0.4, -0.2) is 5.78 Å². The summed E-state index contributed by atoms with van der Waals surface area (Å²) in [5, 5.41) is 0. The van der Waals surface area contributed by atoms with E-state index in [2.05, 4.69) is 15.9 Å². The number of halogens is 1. The standard InChI is InChI=1S/C14H11BrOS/c1-10-6-9-14(17-10)13(16)8-7-11-4-2-3-5-12(11)15/h2-9H,1H3/b8-7+. The second kappa shape index (κ2) is 5.43. The maximum Gasteiger partial charge on any atom is 0.195 e. The third kappa shape index (κ3) is 3.14. The van der Waals surface area contributed by atoms with Gasteiger partial charge in [-0.2, -0.15) is 0 Å². The first-order valence-corrected chi connectivity index (χ1v) is 6.81. The summed E-state index contributed by atoms with van der Waals surface area (Å²) in [5.41, 5.74) is 1.01. The fraction of sp³-hybridized carbons (Fsp3) is 0.0714. The van der Waals surface area contributed by atoms with Crippen molar-refractivity contribution in [3.63, 3.8) is 0 Å². The first-order valence-electron chi connectivity index (χ1n) is 5.20. The molecular weight excluding hydrogens is 296 g/mol. The Kier molecular flexibility index (Phi) is 3.92. The molecule has 1 nitrogen and oxygen atoms in total. The minimum Gasteiger partial charge on any atom is -0.288 e. The Morgan fingerprint density at radius 3 is 2.65 bits per heavy atom. The lowest BCUT2D eigenvalue weighted by Crippen LogP contribution is -1.88. The molecule has 0 saturated carbocycles. The molecule has 0 aliphatic heterocycles. The first-order chi connectivity index (χ1) is 8.16. The summed E-state index contributed by atoms with van der Waals surface area (Å²) in [6.07, 6.45) is 3.45. The van der Waals surface area contributed by atoms with Crippen LogP contribution in [0.5, 0.6) is 0 Å². The second-order valence-corrected chi connectivity index (χ2v) is 5.77. The topological polar surface area (TPSA) is 17.1 Å². The molecule has 17 heavy (non-hydrogen) atoms. The van der Waals surface area contributed by atoms with E-state index in [0.29, 0.717) is 0 Å². The Morgan fingerprint density at radius 2 is 2.00 bits per heavy atom. The van der Waals surface area contributed by atoms with Gasteiger partial charge in [0.2, 0.25) is 0 Å². The van der Waals surface area contributed by atoms with Gasteiger partial charge in [0.05, 0.1) is 4.88 Å². The van der Waals surface area contributed by atoms with Crippen molar-refractivity contribution in [2.75, 3.05) is 0 Å². The zero-order valence-electron chi connectivity index (χ0n) is 9.31. The third-order valence-corrected chi connectivity index (χ3v) is 4.04. The van der Waals surface area contributed by atoms with Crippen molar-refractivity contribution in [1.82, 2.24) is 0 Å². The molecule has 1 aromatic heterocycles. The van der Waals surface area contributed by atoms with Crippen molar-refractivity contribution in [3.8, 4) is 0 Å². The molecule has 0 bridgehead atoms. The Morgan fingerprint density at radius 1 is 1.24 bits per heavy atom. The minimum atomic E-state index is 0.0545. The smallest absolute Gasteiger partial charge is 0.195 e. The lowest BCUT2D eigenvalue weighted by Gasteiger charge is -1.96. The maximum atomic E-state index is 11.9. The molecule has 1 heterocycles. The van der Waals surface area contributed by atoms with Crippen LogP contribution in [-0.2, 0) is 0 Å². The molecule has 0 aliphatic rings. The van der Waals surface area contributed by atoms with Crippen LogP contribution in [0, 0.1) is 6.92 Å². The van der Waals surface area contributed by atoms with Crippen LogP contribution in [0.15, 0.2) is 46.9 Å². The fourth-order valence-corrected chi connectivity index (χ4v) is 2.63. The van der Waals surface area contributed by atoms with Gasteiger partial charge in [-0.25, -0.2) is 0 Å². The van der Waals surface area contributed by atoms with Gasteiger partial charge in [0.1, 0.15) is 0 Å². The van der Waals surface area contributed by atoms with Gasteiger partial charge in [-0.1, -0.05) is 34.1 Å². The summed E-state index contributed by atoms with van der Waals surface area (Å²) in [7, 11) is 0. The first kappa shape index (κ1) is 12.3. The average Bonchev–Trinajstić information content (AvgIpc) is 2.74. The monoisotopic (exact) mass is 306 g/mol. The van der Waals surface area contributed by atoms with E-state index in [-0.39, 0.29) is 5.78 Å². The molecule has 0 radical (unpaired) electrons. The van der Waals surface area contributed by atoms with Crippen LogP contribution in [0.1, 0.15) is 20.1 Å². The van der Waals surface area contributed by atoms with Gasteiger partial charge < -0.3 is 0 Å². The highest BCUT2D eigenvalue weighted by Gasteiger charge is 2.04. The zero-order valence-corrected chi connectivity index (χ0v) is 11.7. The molecule has 0 unspecified atom stereocenters. The van der Waals surface area contributed by atoms with Crippen LogP contribution < -0.4 is 0 Å². The van der Waals surface area contributed by atoms with Crippen molar-refractivity contribution in [1.29, 1.82) is 0 Å². The Balaban J connectivity index is 2.17. The highest BCUT2D eigenvalue weighted by Crippen LogP contribution is 2.19. The van der Waals surface area contributed by atoms with E-state index in [1.165, 1.54) is 11.3 Å². The van der Waals surface area contributed by atoms with E-state index in [4.69, 9.17) is 0 Å². The molecule has 0 aliphatic carbocycles. The SMILES string of the molecule is Cc1ccc(C(=O)/C=C/c2ccccc2Br)s1. The van der Waals surface area contributed by atoms with Crippen LogP contribution >= 0.6 is 27.3 Å². The number of carbonyl (C=O) groups excluding carboxylic acids is 1. The Hall–Kier alpha value is -1.19. The van der Waals surface area contributed by atoms with Crippen LogP contribution in [0.3, 0.4) is 0 Å². The lowest BCUT2D eigenvalue weighted by atomic mass is 10.2. The lowest BCUT2D eigenvalue weighted by molar-refractivity contribution is 0.105. The van der Waals surface area contributed by atoms with Gasteiger partial charge >= 0.3 is 0 Å². The van der Waals surface area contributed by atoms with Crippen molar-refractivity contribution in [2.24, 2.45) is 0 Å². The number of allylic oxidation sites excluding steroid dienone is 1. The number of hydrogen-bond donors (Lipinski definition) is 0. The molecule has 0 N–H and O–H groups in total. The summed E-state index contributed by atoms with van der Waals surface area (Å²) < 4.78 is 0.992. The summed E-state index contributed by atoms with van der Waals surface area (Å²) >= 11 is 4.97. The van der Waals surface area contributed by atoms with Crippen LogP contribution in [0.2, 0.25) is 0 Å². The molecule has 0 atom stereocenters. The fourth-order valence-electron chi connectivity index (χ4n) is 1.42. The van der Waals surface area contributed by atoms with Crippen molar-refractivity contribution < 1.29 is 4.79 Å². The van der Waals surface area contributed by atoms with E-state index in [1.54, 1.807) is 6.08 Å². The molecule has 3 heteroatoms. The molecular formula is C14H11BrOS. The number of thiophene rings is 1. The van der Waals surface area contributed by atoms with Gasteiger partial charge in [0.15, 0.2) is 5.78 Å². The van der Waals surface area contributed by atoms with E-state index in [0.717, 1.165) is 19.8 Å².